The molecule has 0 aliphatic carbocycles. The second-order valence-electron chi connectivity index (χ2n) is 3.61. The Bertz CT molecular complexity index is 174. The van der Waals surface area contributed by atoms with Crippen molar-refractivity contribution in [3.63, 3.8) is 0 Å². The van der Waals surface area contributed by atoms with Gasteiger partial charge in [-0.1, -0.05) is 0 Å². The van der Waals surface area contributed by atoms with E-state index < -0.39 is 0 Å². The van der Waals surface area contributed by atoms with Gasteiger partial charge in [0, 0.05) is 0 Å². The Labute approximate surface area is 109 Å². The van der Waals surface area contributed by atoms with Gasteiger partial charge < -0.3 is 0 Å². The van der Waals surface area contributed by atoms with Crippen molar-refractivity contribution >= 4 is 38.5 Å². The van der Waals surface area contributed by atoms with Crippen LogP contribution in [0.15, 0.2) is 25.3 Å². The molecule has 2 atom stereocenters. The van der Waals surface area contributed by atoms with Gasteiger partial charge in [-0.25, -0.2) is 0 Å². The maximum absolute atomic E-state index is 3.76. The second-order valence-corrected chi connectivity index (χ2v) is 9.13. The molecule has 1 aliphatic rings. The van der Waals surface area contributed by atoms with Gasteiger partial charge in [-0.05, 0) is 0 Å². The molecule has 1 fully saturated rings. The molecule has 0 radical (unpaired) electrons. The molecule has 0 amide bonds. The molecular weight excluding hydrogens is 287 g/mol. The van der Waals surface area contributed by atoms with Crippen LogP contribution in [0.25, 0.3) is 0 Å². The normalized spacial score (nSPS) is 25.3. The molecule has 15 heavy (non-hydrogen) atoms. The summed E-state index contributed by atoms with van der Waals surface area (Å²) < 4.78 is 0. The zero-order valence-corrected chi connectivity index (χ0v) is 12.5. The predicted molar refractivity (Wildman–Crippen MR) is 77.5 cm³/mol. The van der Waals surface area contributed by atoms with E-state index in [-0.39, 0.29) is 0 Å². The van der Waals surface area contributed by atoms with E-state index >= 15 is 0 Å². The van der Waals surface area contributed by atoms with Crippen molar-refractivity contribution in [3.8, 4) is 0 Å². The summed E-state index contributed by atoms with van der Waals surface area (Å²) in [5.74, 6) is 4.99. The number of rotatable bonds is 8. The summed E-state index contributed by atoms with van der Waals surface area (Å²) in [7, 11) is 0. The van der Waals surface area contributed by atoms with Crippen LogP contribution in [0, 0.1) is 0 Å². The standard InChI is InChI=1S/C12H20S2Se/c1-3-7-13-9-11-5-6-12(15-11)10-14-8-4-2/h3-4,11-12H,1-2,5-10H2. The first kappa shape index (κ1) is 13.8. The Hall–Kier alpha value is 0.699. The number of hydrogen-bond donors (Lipinski definition) is 0. The predicted octanol–water partition coefficient (Wildman–Crippen LogP) is 3.90. The first-order chi connectivity index (χ1) is 7.36. The van der Waals surface area contributed by atoms with E-state index in [4.69, 9.17) is 0 Å². The topological polar surface area (TPSA) is 0 Å². The number of thioether (sulfide) groups is 2. The van der Waals surface area contributed by atoms with Crippen LogP contribution >= 0.6 is 23.5 Å². The van der Waals surface area contributed by atoms with Gasteiger partial charge in [-0.3, -0.25) is 0 Å². The molecule has 0 saturated carbocycles. The van der Waals surface area contributed by atoms with Gasteiger partial charge in [0.15, 0.2) is 0 Å². The zero-order valence-electron chi connectivity index (χ0n) is 9.19. The van der Waals surface area contributed by atoms with E-state index in [1.54, 1.807) is 0 Å². The molecule has 1 heterocycles. The second kappa shape index (κ2) is 8.81. The molecule has 0 aromatic carbocycles. The molecule has 1 rings (SSSR count). The summed E-state index contributed by atoms with van der Waals surface area (Å²) in [5, 5.41) is 0. The average Bonchev–Trinajstić information content (AvgIpc) is 2.67. The van der Waals surface area contributed by atoms with Gasteiger partial charge in [0.05, 0.1) is 0 Å². The van der Waals surface area contributed by atoms with Crippen LogP contribution in [-0.4, -0.2) is 38.0 Å². The molecule has 0 nitrogen and oxygen atoms in total. The zero-order chi connectivity index (χ0) is 10.9. The fourth-order valence-electron chi connectivity index (χ4n) is 1.59. The van der Waals surface area contributed by atoms with Crippen LogP contribution in [-0.2, 0) is 0 Å². The van der Waals surface area contributed by atoms with Gasteiger partial charge in [0.25, 0.3) is 0 Å². The van der Waals surface area contributed by atoms with Crippen LogP contribution in [0.2, 0.25) is 9.63 Å². The van der Waals surface area contributed by atoms with Crippen molar-refractivity contribution in [3.05, 3.63) is 25.3 Å². The van der Waals surface area contributed by atoms with Crippen molar-refractivity contribution in [2.45, 2.75) is 22.5 Å². The summed E-state index contributed by atoms with van der Waals surface area (Å²) in [4.78, 5) is 2.08. The fraction of sp³-hybridized carbons (Fsp3) is 0.667. The van der Waals surface area contributed by atoms with Gasteiger partial charge in [0.1, 0.15) is 0 Å². The molecule has 0 aromatic heterocycles. The third-order valence-electron chi connectivity index (χ3n) is 2.27. The van der Waals surface area contributed by atoms with Gasteiger partial charge in [-0.2, -0.15) is 0 Å². The first-order valence-corrected chi connectivity index (χ1v) is 9.68. The monoisotopic (exact) mass is 308 g/mol. The van der Waals surface area contributed by atoms with E-state index in [1.807, 2.05) is 12.2 Å². The third-order valence-corrected chi connectivity index (χ3v) is 8.75. The molecule has 2 unspecified atom stereocenters. The van der Waals surface area contributed by atoms with Gasteiger partial charge in [-0.15, -0.1) is 0 Å². The maximum atomic E-state index is 3.76. The number of hydrogen-bond acceptors (Lipinski definition) is 2. The SMILES string of the molecule is C=CCSCC1CCC(CSCC=C)[Se]1. The summed E-state index contributed by atoms with van der Waals surface area (Å²) in [6, 6.07) is 0. The van der Waals surface area contributed by atoms with E-state index in [0.29, 0.717) is 0 Å². The van der Waals surface area contributed by atoms with Crippen molar-refractivity contribution < 1.29 is 0 Å². The summed E-state index contributed by atoms with van der Waals surface area (Å²) in [6.45, 7) is 7.52. The van der Waals surface area contributed by atoms with Crippen LogP contribution in [0.1, 0.15) is 12.8 Å². The van der Waals surface area contributed by atoms with Crippen molar-refractivity contribution in [1.29, 1.82) is 0 Å². The molecule has 1 aliphatic heterocycles. The molecule has 0 bridgehead atoms. The minimum atomic E-state index is 0.891. The molecule has 1 saturated heterocycles. The van der Waals surface area contributed by atoms with E-state index in [1.165, 1.54) is 24.3 Å². The van der Waals surface area contributed by atoms with E-state index in [9.17, 15) is 0 Å². The molecule has 3 heteroatoms. The average molecular weight is 307 g/mol. The van der Waals surface area contributed by atoms with Crippen molar-refractivity contribution in [2.75, 3.05) is 23.0 Å². The van der Waals surface area contributed by atoms with Crippen molar-refractivity contribution in [2.24, 2.45) is 0 Å². The first-order valence-electron chi connectivity index (χ1n) is 5.39. The molecule has 0 N–H and O–H groups in total. The Morgan fingerprint density at radius 1 is 1.00 bits per heavy atom. The molecule has 0 spiro atoms. The molecule has 0 aromatic rings. The van der Waals surface area contributed by atoms with Gasteiger partial charge in [0.2, 0.25) is 0 Å². The Balaban J connectivity index is 2.04. The Morgan fingerprint density at radius 2 is 1.47 bits per heavy atom. The van der Waals surface area contributed by atoms with Gasteiger partial charge >= 0.3 is 109 Å². The Kier molecular flexibility index (Phi) is 8.08. The van der Waals surface area contributed by atoms with E-state index in [2.05, 4.69) is 36.7 Å². The van der Waals surface area contributed by atoms with E-state index in [0.717, 1.165) is 36.1 Å². The van der Waals surface area contributed by atoms with Crippen LogP contribution < -0.4 is 0 Å². The van der Waals surface area contributed by atoms with Crippen LogP contribution in [0.4, 0.5) is 0 Å². The quantitative estimate of drug-likeness (QED) is 0.379. The molecular formula is C12H20S2Se. The van der Waals surface area contributed by atoms with Crippen LogP contribution in [0.5, 0.6) is 0 Å². The van der Waals surface area contributed by atoms with Crippen LogP contribution in [0.3, 0.4) is 0 Å². The summed E-state index contributed by atoms with van der Waals surface area (Å²) >= 11 is 5.00. The summed E-state index contributed by atoms with van der Waals surface area (Å²) in [6.07, 6.45) is 6.99. The molecule has 86 valence electrons. The summed E-state index contributed by atoms with van der Waals surface area (Å²) in [5.41, 5.74) is 0. The minimum absolute atomic E-state index is 0.891. The Morgan fingerprint density at radius 3 is 1.87 bits per heavy atom. The fourth-order valence-corrected chi connectivity index (χ4v) is 7.70. The third kappa shape index (κ3) is 6.11. The van der Waals surface area contributed by atoms with Crippen molar-refractivity contribution in [1.82, 2.24) is 0 Å².